The third-order valence-electron chi connectivity index (χ3n) is 7.43. The molecule has 9 N–H and O–H groups in total. The Morgan fingerprint density at radius 3 is 2.07 bits per heavy atom. The average Bonchev–Trinajstić information content (AvgIpc) is 2.96. The van der Waals surface area contributed by atoms with Gasteiger partial charge in [-0.05, 0) is 29.8 Å². The van der Waals surface area contributed by atoms with Crippen LogP contribution in [0, 0.1) is 0 Å². The smallest absolute Gasteiger partial charge is 0.200 e. The number of aromatic hydroxyl groups is 2. The van der Waals surface area contributed by atoms with E-state index in [0.29, 0.717) is 5.56 Å². The highest BCUT2D eigenvalue weighted by Gasteiger charge is 2.51. The minimum Gasteiger partial charge on any atom is -0.508 e. The molecule has 1 aromatic heterocycles. The van der Waals surface area contributed by atoms with E-state index < -0.39 is 85.6 Å². The van der Waals surface area contributed by atoms with Gasteiger partial charge < -0.3 is 64.6 Å². The number of benzene rings is 2. The fourth-order valence-corrected chi connectivity index (χ4v) is 5.15. The summed E-state index contributed by atoms with van der Waals surface area (Å²) in [5.41, 5.74) is -0.278. The van der Waals surface area contributed by atoms with Gasteiger partial charge in [-0.25, -0.2) is 0 Å². The predicted octanol–water partition coefficient (Wildman–Crippen LogP) is -1.79. The van der Waals surface area contributed by atoms with Gasteiger partial charge >= 0.3 is 0 Å². The van der Waals surface area contributed by atoms with E-state index in [1.165, 1.54) is 36.4 Å². The summed E-state index contributed by atoms with van der Waals surface area (Å²) >= 11 is 0. The van der Waals surface area contributed by atoms with Crippen LogP contribution in [-0.2, 0) is 14.2 Å². The molecule has 2 aliphatic heterocycles. The van der Waals surface area contributed by atoms with Crippen molar-refractivity contribution < 1.29 is 64.6 Å². The summed E-state index contributed by atoms with van der Waals surface area (Å²) in [5.74, 6) is -0.461. The van der Waals surface area contributed by atoms with Crippen LogP contribution in [-0.4, -0.2) is 114 Å². The SMILES string of the molecule is O=c1c(-c2ccc(O)cc2)coc2c([C@@H]3O[C@H](CO)[C@@H](O)[C@H](O[C@H]4O[C@H](CO)[C@@H](O)[C@H](O)[C@H]4O)[C@H]3O)c(O)ccc12. The Kier molecular flexibility index (Phi) is 8.31. The zero-order valence-electron chi connectivity index (χ0n) is 21.3. The van der Waals surface area contributed by atoms with Gasteiger partial charge in [-0.2, -0.15) is 0 Å². The molecule has 2 aromatic carbocycles. The van der Waals surface area contributed by atoms with E-state index in [2.05, 4.69) is 0 Å². The van der Waals surface area contributed by atoms with Crippen molar-refractivity contribution in [3.8, 4) is 22.6 Å². The Bertz CT molecular complexity index is 1420. The summed E-state index contributed by atoms with van der Waals surface area (Å²) < 4.78 is 22.4. The summed E-state index contributed by atoms with van der Waals surface area (Å²) in [5, 5.41) is 92.3. The van der Waals surface area contributed by atoms with E-state index in [0.717, 1.165) is 6.26 Å². The Balaban J connectivity index is 1.53. The van der Waals surface area contributed by atoms with Gasteiger partial charge in [0.2, 0.25) is 5.43 Å². The number of aliphatic hydroxyl groups is 7. The van der Waals surface area contributed by atoms with E-state index >= 15 is 0 Å². The molecule has 5 rings (SSSR count). The molecule has 222 valence electrons. The second kappa shape index (κ2) is 11.6. The summed E-state index contributed by atoms with van der Waals surface area (Å²) in [6, 6.07) is 8.29. The van der Waals surface area contributed by atoms with Gasteiger partial charge in [0.15, 0.2) is 6.29 Å². The standard InChI is InChI=1S/C27H30O14/c28-7-15-19(33)21(35)22(36)27(40-15)41-26-20(34)16(8-29)39-25(23(26)37)17-14(31)6-5-12-18(32)13(9-38-24(12)17)10-1-3-11(30)4-2-10/h1-6,9,15-16,19-23,25-31,33-37H,7-8H2/t15-,16-,19-,20-,21+,22-,23+,25+,26+,27-/m1/s1. The molecule has 3 aromatic rings. The first-order chi connectivity index (χ1) is 19.6. The number of rotatable bonds is 6. The molecule has 0 bridgehead atoms. The zero-order valence-corrected chi connectivity index (χ0v) is 21.3. The van der Waals surface area contributed by atoms with Gasteiger partial charge in [-0.15, -0.1) is 0 Å². The number of phenols is 2. The van der Waals surface area contributed by atoms with Crippen LogP contribution in [0.25, 0.3) is 22.1 Å². The zero-order chi connectivity index (χ0) is 29.6. The van der Waals surface area contributed by atoms with Crippen LogP contribution in [0.4, 0.5) is 0 Å². The lowest BCUT2D eigenvalue weighted by molar-refractivity contribution is -0.342. The normalized spacial score (nSPS) is 34.1. The van der Waals surface area contributed by atoms with Crippen molar-refractivity contribution in [3.05, 3.63) is 58.4 Å². The molecule has 2 fully saturated rings. The van der Waals surface area contributed by atoms with Crippen molar-refractivity contribution in [2.75, 3.05) is 13.2 Å². The summed E-state index contributed by atoms with van der Waals surface area (Å²) in [4.78, 5) is 13.4. The predicted molar refractivity (Wildman–Crippen MR) is 137 cm³/mol. The van der Waals surface area contributed by atoms with Crippen molar-refractivity contribution in [1.82, 2.24) is 0 Å². The topological polar surface area (TPSA) is 240 Å². The number of aliphatic hydroxyl groups excluding tert-OH is 7. The maximum absolute atomic E-state index is 13.4. The lowest BCUT2D eigenvalue weighted by Crippen LogP contribution is -2.63. The third-order valence-corrected chi connectivity index (χ3v) is 7.43. The van der Waals surface area contributed by atoms with Crippen LogP contribution in [0.1, 0.15) is 11.7 Å². The molecular formula is C27H30O14. The van der Waals surface area contributed by atoms with Gasteiger partial charge in [-0.1, -0.05) is 12.1 Å². The maximum atomic E-state index is 13.4. The molecular weight excluding hydrogens is 548 g/mol. The van der Waals surface area contributed by atoms with Crippen LogP contribution in [0.5, 0.6) is 11.5 Å². The molecule has 2 aliphatic rings. The van der Waals surface area contributed by atoms with E-state index in [-0.39, 0.29) is 27.8 Å². The van der Waals surface area contributed by atoms with Crippen LogP contribution in [0.2, 0.25) is 0 Å². The maximum Gasteiger partial charge on any atom is 0.200 e. The monoisotopic (exact) mass is 578 g/mol. The van der Waals surface area contributed by atoms with Crippen molar-refractivity contribution in [2.45, 2.75) is 61.2 Å². The summed E-state index contributed by atoms with van der Waals surface area (Å²) in [6.07, 6.45) is -15.5. The third kappa shape index (κ3) is 5.19. The molecule has 2 saturated heterocycles. The van der Waals surface area contributed by atoms with Crippen LogP contribution >= 0.6 is 0 Å². The van der Waals surface area contributed by atoms with Gasteiger partial charge in [0.25, 0.3) is 0 Å². The number of ether oxygens (including phenoxy) is 3. The highest BCUT2D eigenvalue weighted by Crippen LogP contribution is 2.42. The molecule has 0 saturated carbocycles. The molecule has 0 amide bonds. The minimum atomic E-state index is -1.86. The van der Waals surface area contributed by atoms with Gasteiger partial charge in [0.05, 0.1) is 29.7 Å². The van der Waals surface area contributed by atoms with Gasteiger partial charge in [0.1, 0.15) is 78.3 Å². The van der Waals surface area contributed by atoms with Crippen LogP contribution in [0.15, 0.2) is 51.9 Å². The van der Waals surface area contributed by atoms with E-state index in [1.807, 2.05) is 0 Å². The molecule has 10 atom stereocenters. The number of phenolic OH excluding ortho intramolecular Hbond substituents is 2. The van der Waals surface area contributed by atoms with Crippen molar-refractivity contribution in [1.29, 1.82) is 0 Å². The Morgan fingerprint density at radius 1 is 0.756 bits per heavy atom. The fourth-order valence-electron chi connectivity index (χ4n) is 5.15. The molecule has 0 aliphatic carbocycles. The van der Waals surface area contributed by atoms with Crippen molar-refractivity contribution in [2.24, 2.45) is 0 Å². The first-order valence-corrected chi connectivity index (χ1v) is 12.7. The fraction of sp³-hybridized carbons (Fsp3) is 0.444. The quantitative estimate of drug-likeness (QED) is 0.157. The first-order valence-electron chi connectivity index (χ1n) is 12.7. The van der Waals surface area contributed by atoms with E-state index in [4.69, 9.17) is 18.6 Å². The second-order valence-corrected chi connectivity index (χ2v) is 9.96. The van der Waals surface area contributed by atoms with E-state index in [1.54, 1.807) is 0 Å². The molecule has 3 heterocycles. The largest absolute Gasteiger partial charge is 0.508 e. The summed E-state index contributed by atoms with van der Waals surface area (Å²) in [7, 11) is 0. The lowest BCUT2D eigenvalue weighted by atomic mass is 9.89. The molecule has 0 spiro atoms. The van der Waals surface area contributed by atoms with E-state index in [9.17, 15) is 50.8 Å². The Labute approximate surface area is 231 Å². The molecule has 14 heteroatoms. The number of fused-ring (bicyclic) bond motifs is 1. The number of hydrogen-bond donors (Lipinski definition) is 9. The highest BCUT2D eigenvalue weighted by atomic mass is 16.7. The first kappa shape index (κ1) is 29.3. The molecule has 0 radical (unpaired) electrons. The molecule has 0 unspecified atom stereocenters. The van der Waals surface area contributed by atoms with Gasteiger partial charge in [0, 0.05) is 0 Å². The molecule has 14 nitrogen and oxygen atoms in total. The van der Waals surface area contributed by atoms with Crippen molar-refractivity contribution in [3.63, 3.8) is 0 Å². The Morgan fingerprint density at radius 2 is 1.41 bits per heavy atom. The summed E-state index contributed by atoms with van der Waals surface area (Å²) in [6.45, 7) is -1.53. The number of hydrogen-bond acceptors (Lipinski definition) is 14. The highest BCUT2D eigenvalue weighted by molar-refractivity contribution is 5.86. The Hall–Kier alpha value is -3.15. The van der Waals surface area contributed by atoms with Crippen molar-refractivity contribution >= 4 is 11.0 Å². The second-order valence-electron chi connectivity index (χ2n) is 9.96. The lowest BCUT2D eigenvalue weighted by Gasteiger charge is -2.46. The molecule has 41 heavy (non-hydrogen) atoms. The average molecular weight is 579 g/mol. The van der Waals surface area contributed by atoms with Crippen LogP contribution in [0.3, 0.4) is 0 Å². The van der Waals surface area contributed by atoms with Gasteiger partial charge in [-0.3, -0.25) is 4.79 Å². The minimum absolute atomic E-state index is 0.00255. The van der Waals surface area contributed by atoms with Crippen LogP contribution < -0.4 is 5.43 Å².